The summed E-state index contributed by atoms with van der Waals surface area (Å²) in [5.74, 6) is -0.591. The van der Waals surface area contributed by atoms with Crippen LogP contribution in [0.2, 0.25) is 5.02 Å². The van der Waals surface area contributed by atoms with E-state index in [9.17, 15) is 9.59 Å². The Bertz CT molecular complexity index is 749. The average Bonchev–Trinajstić information content (AvgIpc) is 2.61. The number of amides is 1. The van der Waals surface area contributed by atoms with Crippen molar-refractivity contribution in [2.75, 3.05) is 31.6 Å². The Balaban J connectivity index is 1.91. The quantitative estimate of drug-likeness (QED) is 0.703. The van der Waals surface area contributed by atoms with Crippen LogP contribution in [0.3, 0.4) is 0 Å². The lowest BCUT2D eigenvalue weighted by Crippen LogP contribution is -2.40. The molecule has 0 unspecified atom stereocenters. The van der Waals surface area contributed by atoms with Crippen molar-refractivity contribution >= 4 is 29.2 Å². The van der Waals surface area contributed by atoms with Gasteiger partial charge in [0.1, 0.15) is 12.3 Å². The molecule has 0 aliphatic rings. The van der Waals surface area contributed by atoms with E-state index in [-0.39, 0.29) is 19.0 Å². The van der Waals surface area contributed by atoms with E-state index >= 15 is 0 Å². The lowest BCUT2D eigenvalue weighted by Gasteiger charge is -2.22. The highest BCUT2D eigenvalue weighted by Crippen LogP contribution is 2.19. The van der Waals surface area contributed by atoms with Crippen molar-refractivity contribution in [3.05, 3.63) is 59.1 Å². The average molecular weight is 377 g/mol. The van der Waals surface area contributed by atoms with Crippen LogP contribution in [-0.2, 0) is 16.0 Å². The van der Waals surface area contributed by atoms with Crippen molar-refractivity contribution in [2.45, 2.75) is 6.42 Å². The lowest BCUT2D eigenvalue weighted by atomic mass is 10.1. The highest BCUT2D eigenvalue weighted by Gasteiger charge is 2.15. The maximum atomic E-state index is 12.2. The van der Waals surface area contributed by atoms with E-state index in [2.05, 4.69) is 5.32 Å². The van der Waals surface area contributed by atoms with Gasteiger partial charge in [0.15, 0.2) is 0 Å². The van der Waals surface area contributed by atoms with Gasteiger partial charge in [-0.3, -0.25) is 9.59 Å². The second kappa shape index (κ2) is 9.68. The summed E-state index contributed by atoms with van der Waals surface area (Å²) in [6, 6.07) is 14.3. The van der Waals surface area contributed by atoms with Gasteiger partial charge in [0, 0.05) is 17.3 Å². The first-order valence-electron chi connectivity index (χ1n) is 8.10. The fraction of sp³-hybridized carbons (Fsp3) is 0.263. The number of rotatable bonds is 9. The zero-order chi connectivity index (χ0) is 18.9. The first-order chi connectivity index (χ1) is 12.5. The van der Waals surface area contributed by atoms with Gasteiger partial charge in [0.25, 0.3) is 0 Å². The van der Waals surface area contributed by atoms with E-state index in [1.807, 2.05) is 18.2 Å². The molecule has 0 aromatic heterocycles. The predicted octanol–water partition coefficient (Wildman–Crippen LogP) is 2.60. The molecule has 2 rings (SSSR count). The molecule has 0 heterocycles. The smallest absolute Gasteiger partial charge is 0.323 e. The van der Waals surface area contributed by atoms with E-state index < -0.39 is 5.97 Å². The molecule has 2 N–H and O–H groups in total. The van der Waals surface area contributed by atoms with Gasteiger partial charge in [-0.1, -0.05) is 23.7 Å². The number of aliphatic carboxylic acids is 1. The zero-order valence-corrected chi connectivity index (χ0v) is 15.2. The Kier molecular flexibility index (Phi) is 7.29. The van der Waals surface area contributed by atoms with E-state index in [0.717, 1.165) is 5.56 Å². The van der Waals surface area contributed by atoms with Crippen LogP contribution >= 0.6 is 11.6 Å². The molecule has 0 fully saturated rings. The number of carbonyl (C=O) groups is 2. The molecule has 26 heavy (non-hydrogen) atoms. The second-order valence-electron chi connectivity index (χ2n) is 5.68. The van der Waals surface area contributed by atoms with Gasteiger partial charge >= 0.3 is 5.97 Å². The Labute approximate surface area is 157 Å². The normalized spacial score (nSPS) is 10.2. The number of carbonyl (C=O) groups excluding carboxylic acids is 1. The summed E-state index contributed by atoms with van der Waals surface area (Å²) in [5, 5.41) is 12.6. The largest absolute Gasteiger partial charge is 0.497 e. The van der Waals surface area contributed by atoms with Gasteiger partial charge in [0.05, 0.1) is 13.7 Å². The number of nitrogens with one attached hydrogen (secondary N) is 1. The number of halogens is 1. The number of anilines is 1. The maximum absolute atomic E-state index is 12.2. The van der Waals surface area contributed by atoms with Crippen molar-refractivity contribution in [3.8, 4) is 5.75 Å². The van der Waals surface area contributed by atoms with Crippen LogP contribution in [0.1, 0.15) is 5.56 Å². The molecule has 0 saturated carbocycles. The molecule has 0 aliphatic carbocycles. The van der Waals surface area contributed by atoms with Gasteiger partial charge in [-0.25, -0.2) is 0 Å². The van der Waals surface area contributed by atoms with Crippen molar-refractivity contribution < 1.29 is 19.4 Å². The first kappa shape index (κ1) is 19.6. The monoisotopic (exact) mass is 376 g/mol. The summed E-state index contributed by atoms with van der Waals surface area (Å²) >= 11 is 5.93. The summed E-state index contributed by atoms with van der Waals surface area (Å²) < 4.78 is 5.09. The van der Waals surface area contributed by atoms with Gasteiger partial charge in [-0.2, -0.15) is 0 Å². The SMILES string of the molecule is COc1ccc(N(CC(=O)O)CC(=O)NCCc2cccc(Cl)c2)cc1. The first-order valence-corrected chi connectivity index (χ1v) is 8.47. The number of methoxy groups -OCH3 is 1. The molecule has 0 atom stereocenters. The molecule has 0 aliphatic heterocycles. The number of hydrogen-bond acceptors (Lipinski definition) is 4. The molecule has 2 aromatic carbocycles. The summed E-state index contributed by atoms with van der Waals surface area (Å²) in [5.41, 5.74) is 1.66. The highest BCUT2D eigenvalue weighted by molar-refractivity contribution is 6.30. The third-order valence-corrected chi connectivity index (χ3v) is 3.96. The molecule has 138 valence electrons. The van der Waals surface area contributed by atoms with Crippen molar-refractivity contribution in [2.24, 2.45) is 0 Å². The standard InChI is InChI=1S/C19H21ClN2O4/c1-26-17-7-5-16(6-8-17)22(13-19(24)25)12-18(23)21-10-9-14-3-2-4-15(20)11-14/h2-8,11H,9-10,12-13H2,1H3,(H,21,23)(H,24,25). The summed E-state index contributed by atoms with van der Waals surface area (Å²) in [6.07, 6.45) is 0.647. The van der Waals surface area contributed by atoms with Crippen molar-refractivity contribution in [1.29, 1.82) is 0 Å². The Hall–Kier alpha value is -2.73. The van der Waals surface area contributed by atoms with Crippen LogP contribution in [0.15, 0.2) is 48.5 Å². The molecular formula is C19H21ClN2O4. The number of nitrogens with zero attached hydrogens (tertiary/aromatic N) is 1. The molecule has 0 bridgehead atoms. The summed E-state index contributed by atoms with van der Waals surface area (Å²) in [4.78, 5) is 24.8. The Morgan fingerprint density at radius 1 is 1.15 bits per heavy atom. The third kappa shape index (κ3) is 6.29. The molecular weight excluding hydrogens is 356 g/mol. The summed E-state index contributed by atoms with van der Waals surface area (Å²) in [7, 11) is 1.55. The molecule has 0 spiro atoms. The highest BCUT2D eigenvalue weighted by atomic mass is 35.5. The zero-order valence-electron chi connectivity index (χ0n) is 14.4. The third-order valence-electron chi connectivity index (χ3n) is 3.72. The molecule has 0 radical (unpaired) electrons. The van der Waals surface area contributed by atoms with Crippen LogP contribution in [0.5, 0.6) is 5.75 Å². The Morgan fingerprint density at radius 2 is 1.88 bits per heavy atom. The molecule has 6 nitrogen and oxygen atoms in total. The van der Waals surface area contributed by atoms with Gasteiger partial charge in [-0.05, 0) is 48.4 Å². The lowest BCUT2D eigenvalue weighted by molar-refractivity contribution is -0.135. The van der Waals surface area contributed by atoms with Crippen molar-refractivity contribution in [3.63, 3.8) is 0 Å². The number of benzene rings is 2. The maximum Gasteiger partial charge on any atom is 0.323 e. The van der Waals surface area contributed by atoms with E-state index in [0.29, 0.717) is 29.4 Å². The molecule has 0 saturated heterocycles. The van der Waals surface area contributed by atoms with E-state index in [4.69, 9.17) is 21.4 Å². The van der Waals surface area contributed by atoms with E-state index in [1.54, 1.807) is 37.4 Å². The fourth-order valence-corrected chi connectivity index (χ4v) is 2.68. The van der Waals surface area contributed by atoms with Crippen LogP contribution in [0.25, 0.3) is 0 Å². The van der Waals surface area contributed by atoms with Crippen LogP contribution in [-0.4, -0.2) is 43.7 Å². The number of carboxylic acids is 1. The predicted molar refractivity (Wildman–Crippen MR) is 101 cm³/mol. The fourth-order valence-electron chi connectivity index (χ4n) is 2.46. The van der Waals surface area contributed by atoms with Crippen LogP contribution in [0.4, 0.5) is 5.69 Å². The second-order valence-corrected chi connectivity index (χ2v) is 6.11. The topological polar surface area (TPSA) is 78.9 Å². The number of carboxylic acid groups (broad SMARTS) is 1. The molecule has 1 amide bonds. The van der Waals surface area contributed by atoms with Gasteiger partial charge in [-0.15, -0.1) is 0 Å². The number of hydrogen-bond donors (Lipinski definition) is 2. The summed E-state index contributed by atoms with van der Waals surface area (Å²) in [6.45, 7) is 0.130. The van der Waals surface area contributed by atoms with Gasteiger partial charge < -0.3 is 20.1 Å². The Morgan fingerprint density at radius 3 is 2.50 bits per heavy atom. The molecule has 7 heteroatoms. The number of ether oxygens (including phenoxy) is 1. The van der Waals surface area contributed by atoms with Crippen LogP contribution < -0.4 is 15.0 Å². The van der Waals surface area contributed by atoms with Gasteiger partial charge in [0.2, 0.25) is 5.91 Å². The minimum atomic E-state index is -1.01. The minimum absolute atomic E-state index is 0.0474. The molecule has 2 aromatic rings. The van der Waals surface area contributed by atoms with E-state index in [1.165, 1.54) is 4.90 Å². The van der Waals surface area contributed by atoms with Crippen molar-refractivity contribution in [1.82, 2.24) is 5.32 Å². The van der Waals surface area contributed by atoms with Crippen LogP contribution in [0, 0.1) is 0 Å². The minimum Gasteiger partial charge on any atom is -0.497 e.